The van der Waals surface area contributed by atoms with E-state index >= 15 is 0 Å². The van der Waals surface area contributed by atoms with Gasteiger partial charge in [-0.2, -0.15) is 0 Å². The highest BCUT2D eigenvalue weighted by Crippen LogP contribution is 2.34. The molecular formula is C10H8Cl2N2O2. The lowest BCUT2D eigenvalue weighted by Crippen LogP contribution is -2.00. The summed E-state index contributed by atoms with van der Waals surface area (Å²) < 4.78 is 0. The van der Waals surface area contributed by atoms with Gasteiger partial charge in [0.05, 0.1) is 27.2 Å². The standard InChI is InChI=1S/C10H8Cl2N2O2/c1-2-3-4-13-10-8(11)5-7(14(15)16)6-9(10)12/h5-6,13H,4H2,1H3. The number of rotatable bonds is 3. The average Bonchev–Trinajstić information content (AvgIpc) is 2.21. The molecule has 0 heterocycles. The fraction of sp³-hybridized carbons (Fsp3) is 0.200. The zero-order chi connectivity index (χ0) is 12.1. The number of nitrogens with zero attached hydrogens (tertiary/aromatic N) is 1. The summed E-state index contributed by atoms with van der Waals surface area (Å²) in [5.41, 5.74) is 0.318. The van der Waals surface area contributed by atoms with Crippen LogP contribution in [0.3, 0.4) is 0 Å². The number of halogens is 2. The number of non-ortho nitro benzene ring substituents is 1. The van der Waals surface area contributed by atoms with Crippen LogP contribution in [-0.2, 0) is 0 Å². The molecule has 0 unspecified atom stereocenters. The Hall–Kier alpha value is -1.44. The summed E-state index contributed by atoms with van der Waals surface area (Å²) in [4.78, 5) is 9.97. The van der Waals surface area contributed by atoms with Gasteiger partial charge in [-0.15, -0.1) is 5.92 Å². The minimum absolute atomic E-state index is 0.137. The molecule has 84 valence electrons. The van der Waals surface area contributed by atoms with E-state index in [-0.39, 0.29) is 15.7 Å². The molecule has 0 saturated heterocycles. The first-order valence-corrected chi connectivity index (χ1v) is 5.08. The van der Waals surface area contributed by atoms with Crippen LogP contribution >= 0.6 is 23.2 Å². The van der Waals surface area contributed by atoms with Crippen LogP contribution in [-0.4, -0.2) is 11.5 Å². The predicted octanol–water partition coefficient (Wildman–Crippen LogP) is 3.34. The van der Waals surface area contributed by atoms with Crippen LogP contribution in [0, 0.1) is 22.0 Å². The summed E-state index contributed by atoms with van der Waals surface area (Å²) in [5.74, 6) is 5.48. The molecule has 1 N–H and O–H groups in total. The SMILES string of the molecule is CC#CCNc1c(Cl)cc([N+](=O)[O-])cc1Cl. The zero-order valence-electron chi connectivity index (χ0n) is 8.38. The van der Waals surface area contributed by atoms with Gasteiger partial charge in [-0.25, -0.2) is 0 Å². The van der Waals surface area contributed by atoms with Crippen molar-refractivity contribution in [3.8, 4) is 11.8 Å². The average molecular weight is 259 g/mol. The molecule has 4 nitrogen and oxygen atoms in total. The molecule has 0 saturated carbocycles. The third-order valence-corrected chi connectivity index (χ3v) is 2.36. The lowest BCUT2D eigenvalue weighted by Gasteiger charge is -2.07. The Kier molecular flexibility index (Phi) is 4.41. The van der Waals surface area contributed by atoms with Crippen molar-refractivity contribution < 1.29 is 4.92 Å². The zero-order valence-corrected chi connectivity index (χ0v) is 9.89. The Balaban J connectivity index is 3.01. The van der Waals surface area contributed by atoms with Crippen LogP contribution in [0.15, 0.2) is 12.1 Å². The molecule has 0 aromatic heterocycles. The number of anilines is 1. The van der Waals surface area contributed by atoms with E-state index in [4.69, 9.17) is 23.2 Å². The van der Waals surface area contributed by atoms with Gasteiger partial charge in [0.1, 0.15) is 0 Å². The molecule has 16 heavy (non-hydrogen) atoms. The van der Waals surface area contributed by atoms with Crippen molar-refractivity contribution in [2.75, 3.05) is 11.9 Å². The molecule has 0 bridgehead atoms. The van der Waals surface area contributed by atoms with Crippen molar-refractivity contribution in [3.05, 3.63) is 32.3 Å². The van der Waals surface area contributed by atoms with Gasteiger partial charge in [-0.3, -0.25) is 10.1 Å². The van der Waals surface area contributed by atoms with Crippen molar-refractivity contribution >= 4 is 34.6 Å². The van der Waals surface area contributed by atoms with E-state index in [1.165, 1.54) is 12.1 Å². The molecule has 0 aliphatic rings. The summed E-state index contributed by atoms with van der Waals surface area (Å²) in [6.45, 7) is 2.09. The Morgan fingerprint density at radius 2 is 2.00 bits per heavy atom. The van der Waals surface area contributed by atoms with Gasteiger partial charge in [-0.1, -0.05) is 29.1 Å². The van der Waals surface area contributed by atoms with Crippen LogP contribution in [0.25, 0.3) is 0 Å². The van der Waals surface area contributed by atoms with Crippen LogP contribution in [0.5, 0.6) is 0 Å². The van der Waals surface area contributed by atoms with Crippen molar-refractivity contribution in [1.82, 2.24) is 0 Å². The molecule has 0 atom stereocenters. The van der Waals surface area contributed by atoms with Crippen molar-refractivity contribution in [1.29, 1.82) is 0 Å². The molecule has 1 aromatic rings. The summed E-state index contributed by atoms with van der Waals surface area (Å²) in [7, 11) is 0. The summed E-state index contributed by atoms with van der Waals surface area (Å²) in [5, 5.41) is 13.8. The lowest BCUT2D eigenvalue weighted by molar-refractivity contribution is -0.384. The van der Waals surface area contributed by atoms with Gasteiger partial charge < -0.3 is 5.32 Å². The second-order valence-corrected chi connectivity index (χ2v) is 3.64. The topological polar surface area (TPSA) is 55.2 Å². The normalized spacial score (nSPS) is 9.19. The van der Waals surface area contributed by atoms with Gasteiger partial charge in [0.15, 0.2) is 0 Å². The number of nitrogens with one attached hydrogen (secondary N) is 1. The highest BCUT2D eigenvalue weighted by molar-refractivity contribution is 6.39. The molecule has 0 fully saturated rings. The fourth-order valence-electron chi connectivity index (χ4n) is 1.06. The first kappa shape index (κ1) is 12.6. The summed E-state index contributed by atoms with van der Waals surface area (Å²) in [6.07, 6.45) is 0. The molecule has 0 radical (unpaired) electrons. The molecule has 0 spiro atoms. The number of benzene rings is 1. The number of hydrogen-bond donors (Lipinski definition) is 1. The number of hydrogen-bond acceptors (Lipinski definition) is 3. The Bertz CT molecular complexity index is 454. The third-order valence-electron chi connectivity index (χ3n) is 1.77. The van der Waals surface area contributed by atoms with E-state index in [1.54, 1.807) is 6.92 Å². The smallest absolute Gasteiger partial charge is 0.272 e. The fourth-order valence-corrected chi connectivity index (χ4v) is 1.66. The molecule has 0 aliphatic carbocycles. The summed E-state index contributed by atoms with van der Waals surface area (Å²) >= 11 is 11.7. The Morgan fingerprint density at radius 1 is 1.44 bits per heavy atom. The molecule has 1 rings (SSSR count). The minimum Gasteiger partial charge on any atom is -0.372 e. The number of nitro benzene ring substituents is 1. The molecule has 0 amide bonds. The second kappa shape index (κ2) is 5.59. The number of nitro groups is 1. The van der Waals surface area contributed by atoms with E-state index in [1.807, 2.05) is 0 Å². The van der Waals surface area contributed by atoms with Gasteiger partial charge in [-0.05, 0) is 6.92 Å². The Labute approximate surface area is 103 Å². The van der Waals surface area contributed by atoms with E-state index in [9.17, 15) is 10.1 Å². The van der Waals surface area contributed by atoms with Crippen molar-refractivity contribution in [3.63, 3.8) is 0 Å². The summed E-state index contributed by atoms with van der Waals surface area (Å²) in [6, 6.07) is 2.49. The highest BCUT2D eigenvalue weighted by Gasteiger charge is 2.13. The first-order chi connectivity index (χ1) is 7.56. The maximum Gasteiger partial charge on any atom is 0.272 e. The van der Waals surface area contributed by atoms with Crippen LogP contribution < -0.4 is 5.32 Å². The van der Waals surface area contributed by atoms with E-state index in [2.05, 4.69) is 17.2 Å². The minimum atomic E-state index is -0.548. The third kappa shape index (κ3) is 3.02. The van der Waals surface area contributed by atoms with E-state index < -0.39 is 4.92 Å². The van der Waals surface area contributed by atoms with Crippen LogP contribution in [0.1, 0.15) is 6.92 Å². The maximum absolute atomic E-state index is 10.5. The first-order valence-electron chi connectivity index (χ1n) is 4.33. The monoisotopic (exact) mass is 258 g/mol. The van der Waals surface area contributed by atoms with Crippen LogP contribution in [0.4, 0.5) is 11.4 Å². The van der Waals surface area contributed by atoms with Gasteiger partial charge in [0, 0.05) is 12.1 Å². The lowest BCUT2D eigenvalue weighted by atomic mass is 10.3. The van der Waals surface area contributed by atoms with Gasteiger partial charge in [0.25, 0.3) is 5.69 Å². The van der Waals surface area contributed by atoms with Crippen molar-refractivity contribution in [2.45, 2.75) is 6.92 Å². The highest BCUT2D eigenvalue weighted by atomic mass is 35.5. The van der Waals surface area contributed by atoms with E-state index in [0.29, 0.717) is 12.2 Å². The van der Waals surface area contributed by atoms with Gasteiger partial charge in [0.2, 0.25) is 0 Å². The quantitative estimate of drug-likeness (QED) is 0.514. The molecule has 1 aromatic carbocycles. The van der Waals surface area contributed by atoms with Crippen LogP contribution in [0.2, 0.25) is 10.0 Å². The Morgan fingerprint density at radius 3 is 2.44 bits per heavy atom. The molecule has 0 aliphatic heterocycles. The van der Waals surface area contributed by atoms with Gasteiger partial charge >= 0.3 is 0 Å². The van der Waals surface area contributed by atoms with E-state index in [0.717, 1.165) is 0 Å². The predicted molar refractivity (Wildman–Crippen MR) is 65.1 cm³/mol. The largest absolute Gasteiger partial charge is 0.372 e. The maximum atomic E-state index is 10.5. The van der Waals surface area contributed by atoms with Crippen molar-refractivity contribution in [2.24, 2.45) is 0 Å². The molecular weight excluding hydrogens is 251 g/mol. The molecule has 6 heteroatoms. The second-order valence-electron chi connectivity index (χ2n) is 2.82.